The zero-order valence-corrected chi connectivity index (χ0v) is 37.8. The van der Waals surface area contributed by atoms with Crippen LogP contribution in [-0.2, 0) is 39.9 Å². The van der Waals surface area contributed by atoms with Gasteiger partial charge in [0, 0.05) is 26.7 Å². The number of methoxy groups -OCH3 is 2. The number of ether oxygens (including phenoxy) is 3. The molecule has 2 saturated heterocycles. The first kappa shape index (κ1) is 49.0. The van der Waals surface area contributed by atoms with E-state index in [1.807, 2.05) is 92.6 Å². The molecule has 0 radical (unpaired) electrons. The molecule has 2 aliphatic rings. The second-order valence-electron chi connectivity index (χ2n) is 17.6. The Bertz CT molecular complexity index is 1610. The summed E-state index contributed by atoms with van der Waals surface area (Å²) in [5.74, 6) is -1.60. The summed E-state index contributed by atoms with van der Waals surface area (Å²) < 4.78 is 16.6. The maximum Gasteiger partial charge on any atom is 0.329 e. The van der Waals surface area contributed by atoms with Crippen molar-refractivity contribution in [2.45, 2.75) is 130 Å². The topological polar surface area (TPSA) is 167 Å². The molecule has 2 heterocycles. The number of carbonyl (C=O) groups is 6. The predicted molar refractivity (Wildman–Crippen MR) is 226 cm³/mol. The third-order valence-corrected chi connectivity index (χ3v) is 11.5. The van der Waals surface area contributed by atoms with Crippen LogP contribution in [0.2, 0.25) is 0 Å². The molecule has 332 valence electrons. The summed E-state index contributed by atoms with van der Waals surface area (Å²) in [5.41, 5.74) is 0.962. The van der Waals surface area contributed by atoms with E-state index in [9.17, 15) is 28.8 Å². The second kappa shape index (κ2) is 22.3. The molecule has 3 rings (SSSR count). The lowest BCUT2D eigenvalue weighted by molar-refractivity contribution is -0.162. The lowest BCUT2D eigenvalue weighted by atomic mass is 9.96. The molecule has 2 N–H and O–H groups in total. The van der Waals surface area contributed by atoms with Crippen LogP contribution in [0.4, 0.5) is 0 Å². The number of nitrogens with one attached hydrogen (secondary N) is 2. The molecule has 2 aliphatic heterocycles. The Kier molecular flexibility index (Phi) is 18.5. The van der Waals surface area contributed by atoms with Crippen LogP contribution in [0.1, 0.15) is 93.1 Å². The van der Waals surface area contributed by atoms with E-state index in [-0.39, 0.29) is 59.6 Å². The molecule has 6 atom stereocenters. The highest BCUT2D eigenvalue weighted by Gasteiger charge is 2.46. The van der Waals surface area contributed by atoms with Gasteiger partial charge in [0.05, 0.1) is 26.7 Å². The van der Waals surface area contributed by atoms with Crippen molar-refractivity contribution in [3.63, 3.8) is 0 Å². The van der Waals surface area contributed by atoms with Crippen molar-refractivity contribution in [3.05, 3.63) is 23.8 Å². The SMILES string of the molecule is COc1ccc(CCNC(=O)CC(OC(=O)C2CCCN2C(=O)C2CCCN2C(=O)C(C(C)C)N(C)C(=O)C(NC(=O)C(C(C)C)N(C)C)C(C)C)C(C)C)cc1OC. The maximum absolute atomic E-state index is 14.4. The Labute approximate surface area is 352 Å². The van der Waals surface area contributed by atoms with Gasteiger partial charge in [-0.3, -0.25) is 28.9 Å². The molecule has 0 bridgehead atoms. The lowest BCUT2D eigenvalue weighted by Crippen LogP contribution is -2.61. The lowest BCUT2D eigenvalue weighted by Gasteiger charge is -2.38. The quantitative estimate of drug-likeness (QED) is 0.186. The molecule has 0 saturated carbocycles. The van der Waals surface area contributed by atoms with Gasteiger partial charge in [-0.05, 0) is 87.6 Å². The summed E-state index contributed by atoms with van der Waals surface area (Å²) in [7, 11) is 8.37. The Morgan fingerprint density at radius 3 is 1.90 bits per heavy atom. The molecule has 59 heavy (non-hydrogen) atoms. The third kappa shape index (κ3) is 12.6. The summed E-state index contributed by atoms with van der Waals surface area (Å²) in [6.45, 7) is 16.2. The molecule has 1 aromatic carbocycles. The monoisotopic (exact) mass is 829 g/mol. The Morgan fingerprint density at radius 1 is 0.763 bits per heavy atom. The molecular formula is C44H72N6O9. The average molecular weight is 829 g/mol. The van der Waals surface area contributed by atoms with Gasteiger partial charge < -0.3 is 39.5 Å². The minimum atomic E-state index is -0.889. The normalized spacial score (nSPS) is 18.9. The van der Waals surface area contributed by atoms with Gasteiger partial charge in [0.25, 0.3) is 0 Å². The van der Waals surface area contributed by atoms with E-state index in [2.05, 4.69) is 10.6 Å². The van der Waals surface area contributed by atoms with Gasteiger partial charge in [-0.2, -0.15) is 0 Å². The molecule has 1 aromatic rings. The van der Waals surface area contributed by atoms with Gasteiger partial charge in [0.15, 0.2) is 11.5 Å². The number of esters is 1. The van der Waals surface area contributed by atoms with Crippen molar-refractivity contribution in [1.82, 2.24) is 30.2 Å². The summed E-state index contributed by atoms with van der Waals surface area (Å²) >= 11 is 0. The third-order valence-electron chi connectivity index (χ3n) is 11.5. The molecule has 15 heteroatoms. The second-order valence-corrected chi connectivity index (χ2v) is 17.6. The number of nitrogens with zero attached hydrogens (tertiary/aromatic N) is 4. The predicted octanol–water partition coefficient (Wildman–Crippen LogP) is 3.51. The highest BCUT2D eigenvalue weighted by molar-refractivity contribution is 5.96. The smallest absolute Gasteiger partial charge is 0.329 e. The van der Waals surface area contributed by atoms with E-state index in [0.29, 0.717) is 63.2 Å². The van der Waals surface area contributed by atoms with Crippen molar-refractivity contribution in [3.8, 4) is 11.5 Å². The van der Waals surface area contributed by atoms with Gasteiger partial charge >= 0.3 is 5.97 Å². The summed E-state index contributed by atoms with van der Waals surface area (Å²) in [4.78, 5) is 89.3. The summed E-state index contributed by atoms with van der Waals surface area (Å²) in [6.07, 6.45) is 1.85. The van der Waals surface area contributed by atoms with E-state index in [0.717, 1.165) is 5.56 Å². The van der Waals surface area contributed by atoms with Gasteiger partial charge in [0.1, 0.15) is 30.3 Å². The maximum atomic E-state index is 14.4. The van der Waals surface area contributed by atoms with Gasteiger partial charge in [0.2, 0.25) is 29.5 Å². The minimum Gasteiger partial charge on any atom is -0.493 e. The highest BCUT2D eigenvalue weighted by Crippen LogP contribution is 2.30. The number of hydrogen-bond acceptors (Lipinski definition) is 10. The number of likely N-dealkylation sites (tertiary alicyclic amines) is 2. The van der Waals surface area contributed by atoms with Crippen LogP contribution in [0.3, 0.4) is 0 Å². The van der Waals surface area contributed by atoms with Crippen LogP contribution < -0.4 is 20.1 Å². The van der Waals surface area contributed by atoms with Crippen LogP contribution in [0.25, 0.3) is 0 Å². The van der Waals surface area contributed by atoms with Crippen molar-refractivity contribution < 1.29 is 43.0 Å². The fourth-order valence-electron chi connectivity index (χ4n) is 8.34. The summed E-state index contributed by atoms with van der Waals surface area (Å²) in [6, 6.07) is 1.75. The van der Waals surface area contributed by atoms with Crippen LogP contribution >= 0.6 is 0 Å². The number of hydrogen-bond donors (Lipinski definition) is 2. The van der Waals surface area contributed by atoms with Gasteiger partial charge in [-0.1, -0.05) is 61.5 Å². The number of rotatable bonds is 20. The first-order chi connectivity index (χ1) is 27.7. The molecule has 15 nitrogen and oxygen atoms in total. The van der Waals surface area contributed by atoms with Gasteiger partial charge in [-0.25, -0.2) is 4.79 Å². The number of carbonyl (C=O) groups excluding carboxylic acids is 6. The number of amides is 5. The van der Waals surface area contributed by atoms with E-state index in [1.54, 1.807) is 26.2 Å². The molecular weight excluding hydrogens is 757 g/mol. The van der Waals surface area contributed by atoms with Crippen molar-refractivity contribution >= 4 is 35.5 Å². The fraction of sp³-hybridized carbons (Fsp3) is 0.727. The summed E-state index contributed by atoms with van der Waals surface area (Å²) in [5, 5.41) is 5.88. The zero-order chi connectivity index (χ0) is 44.3. The Balaban J connectivity index is 1.68. The van der Waals surface area contributed by atoms with Crippen molar-refractivity contribution in [1.29, 1.82) is 0 Å². The van der Waals surface area contributed by atoms with Crippen LogP contribution in [-0.4, -0.2) is 146 Å². The molecule has 0 aromatic heterocycles. The molecule has 0 aliphatic carbocycles. The molecule has 0 spiro atoms. The van der Waals surface area contributed by atoms with E-state index >= 15 is 0 Å². The van der Waals surface area contributed by atoms with Crippen LogP contribution in [0, 0.1) is 23.7 Å². The highest BCUT2D eigenvalue weighted by atomic mass is 16.5. The fourth-order valence-corrected chi connectivity index (χ4v) is 8.34. The standard InChI is InChI=1S/C44H72N6O9/c1-26(2)34(25-36(51)45-21-20-30-18-19-33(57-12)35(24-30)58-13)59-44(56)32-17-15-23-50(32)41(53)31-16-14-22-49(31)43(55)39(29(7)8)48(11)42(54)37(27(3)4)46-40(52)38(28(5)6)47(9)10/h18-19,24,26-29,31-32,34,37-39H,14-17,20-23,25H2,1-13H3,(H,45,51)(H,46,52). The minimum absolute atomic E-state index is 0.00774. The first-order valence-corrected chi connectivity index (χ1v) is 21.3. The molecule has 6 unspecified atom stereocenters. The largest absolute Gasteiger partial charge is 0.493 e. The average Bonchev–Trinajstić information content (AvgIpc) is 3.87. The van der Waals surface area contributed by atoms with E-state index in [1.165, 1.54) is 9.80 Å². The van der Waals surface area contributed by atoms with Crippen molar-refractivity contribution in [2.75, 3.05) is 55.0 Å². The van der Waals surface area contributed by atoms with Crippen molar-refractivity contribution in [2.24, 2.45) is 23.7 Å². The number of likely N-dealkylation sites (N-methyl/N-ethyl adjacent to an activating group) is 2. The molecule has 5 amide bonds. The van der Waals surface area contributed by atoms with Crippen LogP contribution in [0.5, 0.6) is 11.5 Å². The Morgan fingerprint density at radius 2 is 1.36 bits per heavy atom. The molecule has 2 fully saturated rings. The first-order valence-electron chi connectivity index (χ1n) is 21.3. The van der Waals surface area contributed by atoms with Crippen LogP contribution in [0.15, 0.2) is 18.2 Å². The van der Waals surface area contributed by atoms with E-state index < -0.39 is 42.3 Å². The zero-order valence-electron chi connectivity index (χ0n) is 37.8. The van der Waals surface area contributed by atoms with E-state index in [4.69, 9.17) is 14.2 Å². The van der Waals surface area contributed by atoms with Gasteiger partial charge in [-0.15, -0.1) is 0 Å². The number of benzene rings is 1. The Hall–Kier alpha value is -4.40.